The second-order valence-electron chi connectivity index (χ2n) is 4.40. The fourth-order valence-corrected chi connectivity index (χ4v) is 3.53. The number of aldehydes is 1. The predicted molar refractivity (Wildman–Crippen MR) is 83.4 cm³/mol. The largest absolute Gasteiger partial charge is 0.496 e. The van der Waals surface area contributed by atoms with Crippen molar-refractivity contribution in [1.29, 1.82) is 0 Å². The molecular weight excluding hydrogens is 356 g/mol. The number of halogens is 1. The smallest absolute Gasteiger partial charge is 0.182 e. The van der Waals surface area contributed by atoms with E-state index in [1.807, 2.05) is 0 Å². The monoisotopic (exact) mass is 368 g/mol. The first-order valence-corrected chi connectivity index (χ1v) is 8.51. The van der Waals surface area contributed by atoms with E-state index in [2.05, 4.69) is 15.9 Å². The van der Waals surface area contributed by atoms with Crippen LogP contribution in [0, 0.1) is 0 Å². The average molecular weight is 369 g/mol. The van der Waals surface area contributed by atoms with Gasteiger partial charge in [0.15, 0.2) is 9.84 Å². The third-order valence-electron chi connectivity index (χ3n) is 2.96. The van der Waals surface area contributed by atoms with Crippen molar-refractivity contribution in [1.82, 2.24) is 0 Å². The van der Waals surface area contributed by atoms with Crippen molar-refractivity contribution in [2.24, 2.45) is 0 Å². The molecule has 6 heteroatoms. The zero-order chi connectivity index (χ0) is 15.5. The van der Waals surface area contributed by atoms with Crippen molar-refractivity contribution in [3.8, 4) is 5.75 Å². The maximum absolute atomic E-state index is 12.4. The first-order valence-electron chi connectivity index (χ1n) is 6.06. The number of rotatable bonds is 5. The van der Waals surface area contributed by atoms with Gasteiger partial charge in [-0.05, 0) is 42.5 Å². The highest BCUT2D eigenvalue weighted by atomic mass is 79.9. The molecule has 0 aliphatic heterocycles. The second-order valence-corrected chi connectivity index (χ2v) is 7.31. The average Bonchev–Trinajstić information content (AvgIpc) is 2.47. The Kier molecular flexibility index (Phi) is 4.80. The van der Waals surface area contributed by atoms with Crippen molar-refractivity contribution in [2.45, 2.75) is 10.6 Å². The van der Waals surface area contributed by atoms with Gasteiger partial charge in [0.25, 0.3) is 0 Å². The number of hydrogen-bond donors (Lipinski definition) is 0. The van der Waals surface area contributed by atoms with Crippen LogP contribution in [0.5, 0.6) is 5.75 Å². The molecule has 0 atom stereocenters. The molecule has 0 spiro atoms. The minimum atomic E-state index is -3.50. The van der Waals surface area contributed by atoms with Gasteiger partial charge in [-0.25, -0.2) is 8.42 Å². The molecule has 0 heterocycles. The summed E-state index contributed by atoms with van der Waals surface area (Å²) in [5.74, 6) is 0.223. The van der Waals surface area contributed by atoms with Crippen LogP contribution in [0.4, 0.5) is 0 Å². The lowest BCUT2D eigenvalue weighted by Crippen LogP contribution is -2.06. The molecule has 0 saturated carbocycles. The standard InChI is InChI=1S/C15H13BrO4S/c1-20-15-7-2-11(9-17)8-12(15)10-21(18,19)14-5-3-13(16)4-6-14/h2-9H,10H2,1H3. The van der Waals surface area contributed by atoms with E-state index in [4.69, 9.17) is 4.74 Å². The van der Waals surface area contributed by atoms with Crippen LogP contribution in [0.1, 0.15) is 15.9 Å². The number of carbonyl (C=O) groups excluding carboxylic acids is 1. The van der Waals surface area contributed by atoms with Crippen LogP contribution in [0.25, 0.3) is 0 Å². The van der Waals surface area contributed by atoms with Crippen LogP contribution < -0.4 is 4.74 Å². The Hall–Kier alpha value is -1.66. The topological polar surface area (TPSA) is 60.4 Å². The molecule has 2 aromatic rings. The van der Waals surface area contributed by atoms with Crippen molar-refractivity contribution < 1.29 is 17.9 Å². The van der Waals surface area contributed by atoms with Crippen LogP contribution >= 0.6 is 15.9 Å². The first-order chi connectivity index (χ1) is 9.96. The first kappa shape index (κ1) is 15.7. The molecular formula is C15H13BrO4S. The molecule has 110 valence electrons. The molecule has 0 bridgehead atoms. The van der Waals surface area contributed by atoms with Gasteiger partial charge in [-0.3, -0.25) is 4.79 Å². The third-order valence-corrected chi connectivity index (χ3v) is 5.17. The van der Waals surface area contributed by atoms with Gasteiger partial charge in [-0.15, -0.1) is 0 Å². The van der Waals surface area contributed by atoms with Crippen molar-refractivity contribution in [3.05, 3.63) is 58.1 Å². The second kappa shape index (κ2) is 6.41. The van der Waals surface area contributed by atoms with Crippen LogP contribution in [-0.4, -0.2) is 21.8 Å². The molecule has 0 radical (unpaired) electrons. The highest BCUT2D eigenvalue weighted by molar-refractivity contribution is 9.10. The van der Waals surface area contributed by atoms with E-state index in [1.165, 1.54) is 25.3 Å². The van der Waals surface area contributed by atoms with Crippen LogP contribution in [0.15, 0.2) is 51.8 Å². The summed E-state index contributed by atoms with van der Waals surface area (Å²) in [5.41, 5.74) is 0.877. The van der Waals surface area contributed by atoms with Crippen LogP contribution in [0.3, 0.4) is 0 Å². The van der Waals surface area contributed by atoms with Gasteiger partial charge >= 0.3 is 0 Å². The highest BCUT2D eigenvalue weighted by Crippen LogP contribution is 2.25. The summed E-state index contributed by atoms with van der Waals surface area (Å²) in [4.78, 5) is 11.1. The Morgan fingerprint density at radius 1 is 1.14 bits per heavy atom. The van der Waals surface area contributed by atoms with E-state index in [-0.39, 0.29) is 10.6 Å². The van der Waals surface area contributed by atoms with E-state index in [1.54, 1.807) is 24.3 Å². The van der Waals surface area contributed by atoms with Gasteiger partial charge < -0.3 is 4.74 Å². The molecule has 4 nitrogen and oxygen atoms in total. The molecule has 21 heavy (non-hydrogen) atoms. The molecule has 0 aliphatic carbocycles. The third kappa shape index (κ3) is 3.71. The van der Waals surface area contributed by atoms with Gasteiger partial charge in [0, 0.05) is 15.6 Å². The number of benzene rings is 2. The quantitative estimate of drug-likeness (QED) is 0.760. The molecule has 0 saturated heterocycles. The summed E-state index contributed by atoms with van der Waals surface area (Å²) >= 11 is 3.27. The number of hydrogen-bond acceptors (Lipinski definition) is 4. The number of ether oxygens (including phenoxy) is 1. The van der Waals surface area contributed by atoms with E-state index in [0.29, 0.717) is 23.2 Å². The fraction of sp³-hybridized carbons (Fsp3) is 0.133. The van der Waals surface area contributed by atoms with E-state index < -0.39 is 9.84 Å². The summed E-state index contributed by atoms with van der Waals surface area (Å²) in [5, 5.41) is 0. The lowest BCUT2D eigenvalue weighted by Gasteiger charge is -2.10. The van der Waals surface area contributed by atoms with E-state index in [0.717, 1.165) is 4.47 Å². The van der Waals surface area contributed by atoms with E-state index in [9.17, 15) is 13.2 Å². The van der Waals surface area contributed by atoms with Gasteiger partial charge in [0.1, 0.15) is 12.0 Å². The summed E-state index contributed by atoms with van der Waals surface area (Å²) in [7, 11) is -2.04. The van der Waals surface area contributed by atoms with Gasteiger partial charge in [0.2, 0.25) is 0 Å². The highest BCUT2D eigenvalue weighted by Gasteiger charge is 2.18. The Morgan fingerprint density at radius 3 is 2.38 bits per heavy atom. The van der Waals surface area contributed by atoms with Gasteiger partial charge in [0.05, 0.1) is 17.8 Å². The fourth-order valence-electron chi connectivity index (χ4n) is 1.91. The van der Waals surface area contributed by atoms with Crippen molar-refractivity contribution >= 4 is 32.1 Å². The zero-order valence-corrected chi connectivity index (χ0v) is 13.6. The maximum Gasteiger partial charge on any atom is 0.182 e. The molecule has 0 amide bonds. The normalized spacial score (nSPS) is 11.1. The van der Waals surface area contributed by atoms with Gasteiger partial charge in [-0.2, -0.15) is 0 Å². The summed E-state index contributed by atoms with van der Waals surface area (Å²) in [6, 6.07) is 11.1. The molecule has 0 aromatic heterocycles. The molecule has 0 aliphatic rings. The zero-order valence-electron chi connectivity index (χ0n) is 11.2. The molecule has 2 rings (SSSR count). The van der Waals surface area contributed by atoms with Crippen molar-refractivity contribution in [3.63, 3.8) is 0 Å². The molecule has 0 unspecified atom stereocenters. The summed E-state index contributed by atoms with van der Waals surface area (Å²) in [6.07, 6.45) is 0.676. The lowest BCUT2D eigenvalue weighted by molar-refractivity contribution is 0.112. The van der Waals surface area contributed by atoms with Gasteiger partial charge in [-0.1, -0.05) is 15.9 Å². The molecule has 0 fully saturated rings. The summed E-state index contributed by atoms with van der Waals surface area (Å²) in [6.45, 7) is 0. The Bertz CT molecular complexity index is 752. The Labute approximate surface area is 131 Å². The predicted octanol–water partition coefficient (Wildman–Crippen LogP) is 3.24. The van der Waals surface area contributed by atoms with E-state index >= 15 is 0 Å². The minimum Gasteiger partial charge on any atom is -0.496 e. The number of carbonyl (C=O) groups is 1. The minimum absolute atomic E-state index is 0.223. The number of sulfone groups is 1. The summed E-state index contributed by atoms with van der Waals surface area (Å²) < 4.78 is 30.8. The Morgan fingerprint density at radius 2 is 1.81 bits per heavy atom. The molecule has 0 N–H and O–H groups in total. The number of methoxy groups -OCH3 is 1. The molecule has 2 aromatic carbocycles. The Balaban J connectivity index is 2.40. The SMILES string of the molecule is COc1ccc(C=O)cc1CS(=O)(=O)c1ccc(Br)cc1. The van der Waals surface area contributed by atoms with Crippen LogP contribution in [0.2, 0.25) is 0 Å². The van der Waals surface area contributed by atoms with Crippen molar-refractivity contribution in [2.75, 3.05) is 7.11 Å². The van der Waals surface area contributed by atoms with Crippen LogP contribution in [-0.2, 0) is 15.6 Å². The maximum atomic E-state index is 12.4. The lowest BCUT2D eigenvalue weighted by atomic mass is 10.1.